The van der Waals surface area contributed by atoms with Crippen molar-refractivity contribution >= 4 is 23.1 Å². The molecule has 1 aromatic carbocycles. The second kappa shape index (κ2) is 3.99. The molecule has 1 N–H and O–H groups in total. The number of aryl methyl sites for hydroxylation is 1. The molecule has 4 nitrogen and oxygen atoms in total. The van der Waals surface area contributed by atoms with Crippen LogP contribution in [0.5, 0.6) is 0 Å². The minimum atomic E-state index is -0.369. The van der Waals surface area contributed by atoms with Crippen molar-refractivity contribution in [2.75, 3.05) is 0 Å². The SMILES string of the molecule is Cc1cc(-c2n[nH]c(=S)o2)c2cccc(F)c2n1. The lowest BCUT2D eigenvalue weighted by atomic mass is 10.1. The number of nitrogens with one attached hydrogen (secondary N) is 1. The van der Waals surface area contributed by atoms with Gasteiger partial charge in [-0.2, -0.15) is 0 Å². The summed E-state index contributed by atoms with van der Waals surface area (Å²) in [5.41, 5.74) is 1.66. The van der Waals surface area contributed by atoms with Crippen LogP contribution >= 0.6 is 12.2 Å². The molecular formula is C12H8FN3OS. The van der Waals surface area contributed by atoms with Crippen molar-refractivity contribution in [2.45, 2.75) is 6.92 Å². The van der Waals surface area contributed by atoms with Crippen LogP contribution in [0.1, 0.15) is 5.69 Å². The number of nitrogens with zero attached hydrogens (tertiary/aromatic N) is 2. The summed E-state index contributed by atoms with van der Waals surface area (Å²) in [4.78, 5) is 4.37. The lowest BCUT2D eigenvalue weighted by Gasteiger charge is -2.04. The molecule has 0 aliphatic heterocycles. The molecule has 18 heavy (non-hydrogen) atoms. The standard InChI is InChI=1S/C12H8FN3OS/c1-6-5-8(11-15-16-12(18)17-11)7-3-2-4-9(13)10(7)14-6/h2-5H,1H3,(H,16,18). The third-order valence-electron chi connectivity index (χ3n) is 2.59. The van der Waals surface area contributed by atoms with Gasteiger partial charge in [0.05, 0.1) is 5.56 Å². The highest BCUT2D eigenvalue weighted by atomic mass is 32.1. The minimum absolute atomic E-state index is 0.184. The summed E-state index contributed by atoms with van der Waals surface area (Å²) in [7, 11) is 0. The molecule has 0 bridgehead atoms. The first-order valence-corrected chi connectivity index (χ1v) is 5.68. The Morgan fingerprint density at radius 2 is 2.22 bits per heavy atom. The van der Waals surface area contributed by atoms with E-state index in [2.05, 4.69) is 15.2 Å². The van der Waals surface area contributed by atoms with Gasteiger partial charge in [0.2, 0.25) is 5.89 Å². The number of aromatic amines is 1. The van der Waals surface area contributed by atoms with Gasteiger partial charge in [-0.05, 0) is 31.3 Å². The molecule has 0 spiro atoms. The van der Waals surface area contributed by atoms with Crippen LogP contribution in [-0.2, 0) is 0 Å². The zero-order valence-electron chi connectivity index (χ0n) is 9.40. The number of aromatic nitrogens is 3. The number of rotatable bonds is 1. The number of pyridine rings is 1. The third-order valence-corrected chi connectivity index (χ3v) is 2.76. The molecule has 0 fully saturated rings. The number of hydrogen-bond donors (Lipinski definition) is 1. The highest BCUT2D eigenvalue weighted by molar-refractivity contribution is 7.71. The van der Waals surface area contributed by atoms with Crippen molar-refractivity contribution in [3.05, 3.63) is 40.6 Å². The number of hydrogen-bond acceptors (Lipinski definition) is 4. The van der Waals surface area contributed by atoms with Crippen LogP contribution in [0.15, 0.2) is 28.7 Å². The van der Waals surface area contributed by atoms with Gasteiger partial charge in [-0.1, -0.05) is 12.1 Å². The van der Waals surface area contributed by atoms with E-state index in [1.165, 1.54) is 6.07 Å². The topological polar surface area (TPSA) is 54.7 Å². The first kappa shape index (κ1) is 11.0. The molecule has 6 heteroatoms. The Morgan fingerprint density at radius 1 is 1.39 bits per heavy atom. The molecule has 2 aromatic heterocycles. The molecule has 0 unspecified atom stereocenters. The van der Waals surface area contributed by atoms with Gasteiger partial charge in [0.25, 0.3) is 4.84 Å². The Kier molecular flexibility index (Phi) is 2.45. The lowest BCUT2D eigenvalue weighted by molar-refractivity contribution is 0.552. The van der Waals surface area contributed by atoms with E-state index in [0.717, 1.165) is 0 Å². The maximum atomic E-state index is 13.7. The second-order valence-corrected chi connectivity index (χ2v) is 4.24. The fraction of sp³-hybridized carbons (Fsp3) is 0.0833. The average molecular weight is 261 g/mol. The number of para-hydroxylation sites is 1. The first-order valence-electron chi connectivity index (χ1n) is 5.27. The number of fused-ring (bicyclic) bond motifs is 1. The fourth-order valence-corrected chi connectivity index (χ4v) is 1.99. The molecule has 0 amide bonds. The minimum Gasteiger partial charge on any atom is -0.409 e. The Morgan fingerprint density at radius 3 is 2.94 bits per heavy atom. The molecule has 2 heterocycles. The molecule has 90 valence electrons. The fourth-order valence-electron chi connectivity index (χ4n) is 1.86. The van der Waals surface area contributed by atoms with E-state index in [9.17, 15) is 4.39 Å². The Labute approximate surface area is 106 Å². The highest BCUT2D eigenvalue weighted by Crippen LogP contribution is 2.28. The largest absolute Gasteiger partial charge is 0.409 e. The molecule has 3 aromatic rings. The summed E-state index contributed by atoms with van der Waals surface area (Å²) in [6.07, 6.45) is 0. The normalized spacial score (nSPS) is 11.0. The van der Waals surface area contributed by atoms with Gasteiger partial charge in [0, 0.05) is 11.1 Å². The van der Waals surface area contributed by atoms with Crippen LogP contribution in [0.2, 0.25) is 0 Å². The maximum Gasteiger partial charge on any atom is 0.284 e. The zero-order chi connectivity index (χ0) is 12.7. The summed E-state index contributed by atoms with van der Waals surface area (Å²) < 4.78 is 19.0. The van der Waals surface area contributed by atoms with Crippen LogP contribution in [-0.4, -0.2) is 15.2 Å². The van der Waals surface area contributed by atoms with Gasteiger partial charge in [-0.25, -0.2) is 14.5 Å². The van der Waals surface area contributed by atoms with Gasteiger partial charge >= 0.3 is 0 Å². The van der Waals surface area contributed by atoms with Crippen molar-refractivity contribution in [3.63, 3.8) is 0 Å². The first-order chi connectivity index (χ1) is 8.65. The van der Waals surface area contributed by atoms with Crippen LogP contribution in [0.4, 0.5) is 4.39 Å². The Balaban J connectivity index is 2.42. The van der Waals surface area contributed by atoms with E-state index in [1.807, 2.05) is 0 Å². The lowest BCUT2D eigenvalue weighted by Crippen LogP contribution is -1.91. The summed E-state index contributed by atoms with van der Waals surface area (Å²) in [6.45, 7) is 1.79. The predicted molar refractivity (Wildman–Crippen MR) is 67.1 cm³/mol. The molecule has 0 aliphatic rings. The van der Waals surface area contributed by atoms with Crippen LogP contribution in [0, 0.1) is 17.6 Å². The van der Waals surface area contributed by atoms with Crippen molar-refractivity contribution < 1.29 is 8.81 Å². The average Bonchev–Trinajstić information content (AvgIpc) is 2.76. The zero-order valence-corrected chi connectivity index (χ0v) is 10.2. The van der Waals surface area contributed by atoms with E-state index >= 15 is 0 Å². The van der Waals surface area contributed by atoms with Gasteiger partial charge in [0.1, 0.15) is 11.3 Å². The Bertz CT molecular complexity index is 793. The summed E-state index contributed by atoms with van der Waals surface area (Å²) in [5, 5.41) is 7.16. The van der Waals surface area contributed by atoms with Crippen molar-refractivity contribution in [3.8, 4) is 11.5 Å². The van der Waals surface area contributed by atoms with E-state index in [4.69, 9.17) is 16.6 Å². The summed E-state index contributed by atoms with van der Waals surface area (Å²) in [6, 6.07) is 6.56. The number of H-pyrrole nitrogens is 1. The predicted octanol–water partition coefficient (Wildman–Crippen LogP) is 3.39. The molecule has 3 rings (SSSR count). The quantitative estimate of drug-likeness (QED) is 0.682. The molecule has 0 saturated heterocycles. The van der Waals surface area contributed by atoms with E-state index in [0.29, 0.717) is 28.1 Å². The van der Waals surface area contributed by atoms with Gasteiger partial charge < -0.3 is 4.42 Å². The second-order valence-electron chi connectivity index (χ2n) is 3.87. The Hall–Kier alpha value is -2.08. The molecule has 0 aliphatic carbocycles. The van der Waals surface area contributed by atoms with Gasteiger partial charge in [-0.3, -0.25) is 0 Å². The van der Waals surface area contributed by atoms with Gasteiger partial charge in [-0.15, -0.1) is 5.10 Å². The smallest absolute Gasteiger partial charge is 0.284 e. The van der Waals surface area contributed by atoms with Crippen LogP contribution < -0.4 is 0 Å². The monoisotopic (exact) mass is 261 g/mol. The highest BCUT2D eigenvalue weighted by Gasteiger charge is 2.13. The van der Waals surface area contributed by atoms with Gasteiger partial charge in [0.15, 0.2) is 0 Å². The van der Waals surface area contributed by atoms with Crippen molar-refractivity contribution in [2.24, 2.45) is 0 Å². The van der Waals surface area contributed by atoms with Crippen LogP contribution in [0.25, 0.3) is 22.4 Å². The van der Waals surface area contributed by atoms with Crippen LogP contribution in [0.3, 0.4) is 0 Å². The number of benzene rings is 1. The third kappa shape index (κ3) is 1.70. The number of halogens is 1. The molecular weight excluding hydrogens is 253 g/mol. The van der Waals surface area contributed by atoms with E-state index < -0.39 is 0 Å². The molecule has 0 atom stereocenters. The molecule has 0 radical (unpaired) electrons. The van der Waals surface area contributed by atoms with E-state index in [-0.39, 0.29) is 10.7 Å². The van der Waals surface area contributed by atoms with Crippen molar-refractivity contribution in [1.29, 1.82) is 0 Å². The van der Waals surface area contributed by atoms with Crippen molar-refractivity contribution in [1.82, 2.24) is 15.2 Å². The molecule has 0 saturated carbocycles. The summed E-state index contributed by atoms with van der Waals surface area (Å²) >= 11 is 4.84. The van der Waals surface area contributed by atoms with E-state index in [1.54, 1.807) is 25.1 Å². The maximum absolute atomic E-state index is 13.7. The summed E-state index contributed by atoms with van der Waals surface area (Å²) in [5.74, 6) is -0.0346.